The van der Waals surface area contributed by atoms with Crippen LogP contribution in [0.15, 0.2) is 30.3 Å². The Morgan fingerprint density at radius 2 is 1.63 bits per heavy atom. The molecule has 0 aromatic heterocycles. The summed E-state index contributed by atoms with van der Waals surface area (Å²) in [5.41, 5.74) is 1.34. The molecule has 6 heteroatoms. The number of piperazine rings is 1. The summed E-state index contributed by atoms with van der Waals surface area (Å²) >= 11 is 0. The molecule has 1 atom stereocenters. The average molecular weight is 373 g/mol. The minimum atomic E-state index is -0.373. The monoisotopic (exact) mass is 373 g/mol. The van der Waals surface area contributed by atoms with Crippen LogP contribution >= 0.6 is 0 Å². The molecule has 1 aromatic rings. The number of carbonyl (C=O) groups excluding carboxylic acids is 1. The predicted molar refractivity (Wildman–Crippen MR) is 103 cm³/mol. The van der Waals surface area contributed by atoms with Gasteiger partial charge in [-0.2, -0.15) is 0 Å². The molecule has 148 valence electrons. The smallest absolute Gasteiger partial charge is 0.239 e. The van der Waals surface area contributed by atoms with Crippen molar-refractivity contribution in [2.75, 3.05) is 52.5 Å². The van der Waals surface area contributed by atoms with E-state index in [9.17, 15) is 4.79 Å². The molecule has 4 rings (SSSR count). The van der Waals surface area contributed by atoms with Gasteiger partial charge in [0.1, 0.15) is 0 Å². The van der Waals surface area contributed by atoms with Crippen molar-refractivity contribution in [3.63, 3.8) is 0 Å². The van der Waals surface area contributed by atoms with Gasteiger partial charge in [0, 0.05) is 58.7 Å². The number of benzene rings is 1. The number of nitrogens with zero attached hydrogens (tertiary/aromatic N) is 3. The molecule has 6 nitrogen and oxygen atoms in total. The van der Waals surface area contributed by atoms with E-state index in [2.05, 4.69) is 40.1 Å². The van der Waals surface area contributed by atoms with E-state index in [0.29, 0.717) is 13.2 Å². The van der Waals surface area contributed by atoms with Crippen molar-refractivity contribution in [1.29, 1.82) is 0 Å². The van der Waals surface area contributed by atoms with Crippen LogP contribution in [0.3, 0.4) is 0 Å². The molecule has 1 spiro atoms. The van der Waals surface area contributed by atoms with Crippen LogP contribution in [-0.4, -0.2) is 84.9 Å². The maximum absolute atomic E-state index is 13.0. The third-order valence-electron chi connectivity index (χ3n) is 6.21. The summed E-state index contributed by atoms with van der Waals surface area (Å²) < 4.78 is 11.6. The van der Waals surface area contributed by atoms with Gasteiger partial charge in [0.15, 0.2) is 5.79 Å². The van der Waals surface area contributed by atoms with Crippen molar-refractivity contribution in [2.24, 2.45) is 0 Å². The van der Waals surface area contributed by atoms with Gasteiger partial charge in [-0.25, -0.2) is 0 Å². The Labute approximate surface area is 162 Å². The average Bonchev–Trinajstić information content (AvgIpc) is 3.17. The Balaban J connectivity index is 1.24. The largest absolute Gasteiger partial charge is 0.347 e. The molecule has 1 unspecified atom stereocenters. The molecule has 27 heavy (non-hydrogen) atoms. The van der Waals surface area contributed by atoms with Crippen LogP contribution in [-0.2, 0) is 20.8 Å². The number of rotatable bonds is 4. The van der Waals surface area contributed by atoms with Crippen LogP contribution in [0.25, 0.3) is 0 Å². The number of likely N-dealkylation sites (tertiary alicyclic amines) is 1. The molecule has 3 aliphatic rings. The van der Waals surface area contributed by atoms with Crippen molar-refractivity contribution < 1.29 is 14.3 Å². The third kappa shape index (κ3) is 4.35. The molecule has 0 N–H and O–H groups in total. The Bertz CT molecular complexity index is 615. The van der Waals surface area contributed by atoms with Gasteiger partial charge >= 0.3 is 0 Å². The van der Waals surface area contributed by atoms with E-state index < -0.39 is 0 Å². The van der Waals surface area contributed by atoms with Crippen LogP contribution in [0.5, 0.6) is 0 Å². The second-order valence-corrected chi connectivity index (χ2v) is 7.91. The fraction of sp³-hybridized carbons (Fsp3) is 0.667. The number of amides is 1. The van der Waals surface area contributed by atoms with Gasteiger partial charge in [-0.3, -0.25) is 14.6 Å². The lowest BCUT2D eigenvalue weighted by atomic mass is 10.0. The van der Waals surface area contributed by atoms with Crippen molar-refractivity contribution in [1.82, 2.24) is 14.7 Å². The van der Waals surface area contributed by atoms with Crippen LogP contribution < -0.4 is 0 Å². The molecule has 0 saturated carbocycles. The summed E-state index contributed by atoms with van der Waals surface area (Å²) in [6.45, 7) is 9.65. The van der Waals surface area contributed by atoms with Crippen molar-refractivity contribution >= 4 is 5.91 Å². The summed E-state index contributed by atoms with van der Waals surface area (Å²) in [5.74, 6) is -0.110. The van der Waals surface area contributed by atoms with E-state index in [1.54, 1.807) is 0 Å². The second kappa shape index (κ2) is 8.27. The molecule has 0 bridgehead atoms. The predicted octanol–water partition coefficient (Wildman–Crippen LogP) is 1.56. The summed E-state index contributed by atoms with van der Waals surface area (Å²) in [6.07, 6.45) is 1.71. The zero-order valence-corrected chi connectivity index (χ0v) is 16.3. The van der Waals surface area contributed by atoms with Gasteiger partial charge < -0.3 is 14.4 Å². The molecule has 3 saturated heterocycles. The van der Waals surface area contributed by atoms with Crippen molar-refractivity contribution in [3.05, 3.63) is 35.9 Å². The summed E-state index contributed by atoms with van der Waals surface area (Å²) in [5, 5.41) is 0. The molecule has 3 fully saturated rings. The van der Waals surface area contributed by atoms with E-state index >= 15 is 0 Å². The normalized spacial score (nSPS) is 25.0. The number of ether oxygens (including phenoxy) is 2. The Hall–Kier alpha value is -1.47. The first-order chi connectivity index (χ1) is 13.2. The number of hydrogen-bond donors (Lipinski definition) is 0. The number of hydrogen-bond acceptors (Lipinski definition) is 5. The highest BCUT2D eigenvalue weighted by molar-refractivity contribution is 5.81. The van der Waals surface area contributed by atoms with Crippen LogP contribution in [0, 0.1) is 0 Å². The molecule has 0 radical (unpaired) electrons. The summed E-state index contributed by atoms with van der Waals surface area (Å²) in [6, 6.07) is 10.5. The van der Waals surface area contributed by atoms with Gasteiger partial charge in [0.25, 0.3) is 0 Å². The van der Waals surface area contributed by atoms with Crippen LogP contribution in [0.2, 0.25) is 0 Å². The van der Waals surface area contributed by atoms with Gasteiger partial charge in [0.05, 0.1) is 19.3 Å². The highest BCUT2D eigenvalue weighted by atomic mass is 16.7. The minimum absolute atomic E-state index is 0.0653. The van der Waals surface area contributed by atoms with Gasteiger partial charge in [-0.1, -0.05) is 30.3 Å². The van der Waals surface area contributed by atoms with E-state index in [-0.39, 0.29) is 17.7 Å². The highest BCUT2D eigenvalue weighted by Crippen LogP contribution is 2.32. The molecule has 1 amide bonds. The summed E-state index contributed by atoms with van der Waals surface area (Å²) in [4.78, 5) is 19.7. The number of piperidine rings is 1. The first-order valence-electron chi connectivity index (χ1n) is 10.2. The minimum Gasteiger partial charge on any atom is -0.347 e. The van der Waals surface area contributed by atoms with E-state index in [1.165, 1.54) is 5.56 Å². The maximum atomic E-state index is 13.0. The van der Waals surface area contributed by atoms with Crippen molar-refractivity contribution in [3.8, 4) is 0 Å². The molecule has 0 aliphatic carbocycles. The molecule has 3 heterocycles. The first-order valence-corrected chi connectivity index (χ1v) is 10.2. The number of carbonyl (C=O) groups is 1. The second-order valence-electron chi connectivity index (χ2n) is 7.91. The van der Waals surface area contributed by atoms with Crippen molar-refractivity contribution in [2.45, 2.75) is 38.1 Å². The van der Waals surface area contributed by atoms with Gasteiger partial charge in [-0.05, 0) is 12.5 Å². The maximum Gasteiger partial charge on any atom is 0.239 e. The zero-order chi connectivity index (χ0) is 18.7. The highest BCUT2D eigenvalue weighted by Gasteiger charge is 2.41. The zero-order valence-electron chi connectivity index (χ0n) is 16.3. The van der Waals surface area contributed by atoms with Crippen LogP contribution in [0.4, 0.5) is 0 Å². The Kier molecular flexibility index (Phi) is 5.78. The Morgan fingerprint density at radius 1 is 1.00 bits per heavy atom. The van der Waals surface area contributed by atoms with Gasteiger partial charge in [-0.15, -0.1) is 0 Å². The lowest BCUT2D eigenvalue weighted by Crippen LogP contribution is -2.56. The standard InChI is InChI=1S/C21H31N3O3/c1-18(23-9-7-21(8-10-23)26-15-16-27-21)20(25)24-13-11-22(12-14-24)17-19-5-3-2-4-6-19/h2-6,18H,7-17H2,1H3. The fourth-order valence-electron chi connectivity index (χ4n) is 4.43. The topological polar surface area (TPSA) is 45.3 Å². The van der Waals surface area contributed by atoms with E-state index in [0.717, 1.165) is 58.7 Å². The quantitative estimate of drug-likeness (QED) is 0.802. The lowest BCUT2D eigenvalue weighted by Gasteiger charge is -2.42. The van der Waals surface area contributed by atoms with E-state index in [1.807, 2.05) is 11.8 Å². The SMILES string of the molecule is CC(C(=O)N1CCN(Cc2ccccc2)CC1)N1CCC2(CC1)OCCO2. The lowest BCUT2D eigenvalue weighted by molar-refractivity contribution is -0.189. The molecule has 1 aromatic carbocycles. The first kappa shape index (κ1) is 18.9. The molecular formula is C21H31N3O3. The summed E-state index contributed by atoms with van der Waals surface area (Å²) in [7, 11) is 0. The Morgan fingerprint density at radius 3 is 2.26 bits per heavy atom. The van der Waals surface area contributed by atoms with Gasteiger partial charge in [0.2, 0.25) is 5.91 Å². The molecular weight excluding hydrogens is 342 g/mol. The third-order valence-corrected chi connectivity index (χ3v) is 6.21. The van der Waals surface area contributed by atoms with Crippen LogP contribution in [0.1, 0.15) is 25.3 Å². The fourth-order valence-corrected chi connectivity index (χ4v) is 4.43. The van der Waals surface area contributed by atoms with E-state index in [4.69, 9.17) is 9.47 Å². The molecule has 3 aliphatic heterocycles.